The molecule has 1 aliphatic rings. The van der Waals surface area contributed by atoms with E-state index in [1.54, 1.807) is 0 Å². The van der Waals surface area contributed by atoms with Gasteiger partial charge in [-0.05, 0) is 57.7 Å². The van der Waals surface area contributed by atoms with Gasteiger partial charge in [0, 0.05) is 6.54 Å². The van der Waals surface area contributed by atoms with Gasteiger partial charge in [0.25, 0.3) is 0 Å². The molecule has 0 radical (unpaired) electrons. The first-order valence-electron chi connectivity index (χ1n) is 8.42. The summed E-state index contributed by atoms with van der Waals surface area (Å²) >= 11 is 0. The molecule has 1 rings (SSSR count). The van der Waals surface area contributed by atoms with Gasteiger partial charge in [-0.3, -0.25) is 5.32 Å². The van der Waals surface area contributed by atoms with Crippen molar-refractivity contribution < 1.29 is 0 Å². The van der Waals surface area contributed by atoms with E-state index in [-0.39, 0.29) is 5.54 Å². The lowest BCUT2D eigenvalue weighted by Crippen LogP contribution is -2.48. The molecule has 0 heterocycles. The Labute approximate surface area is 125 Å². The van der Waals surface area contributed by atoms with Crippen LogP contribution in [0.5, 0.6) is 0 Å². The van der Waals surface area contributed by atoms with Crippen molar-refractivity contribution in [2.45, 2.75) is 64.8 Å². The summed E-state index contributed by atoms with van der Waals surface area (Å²) in [5.41, 5.74) is -0.243. The van der Waals surface area contributed by atoms with Crippen LogP contribution in [-0.4, -0.2) is 37.1 Å². The van der Waals surface area contributed by atoms with E-state index in [4.69, 9.17) is 0 Å². The molecular weight excluding hydrogens is 246 g/mol. The maximum atomic E-state index is 9.64. The van der Waals surface area contributed by atoms with Crippen LogP contribution in [0, 0.1) is 23.2 Å². The van der Waals surface area contributed by atoms with E-state index in [2.05, 4.69) is 44.1 Å². The number of rotatable bonds is 9. The van der Waals surface area contributed by atoms with Crippen LogP contribution in [0.2, 0.25) is 0 Å². The summed E-state index contributed by atoms with van der Waals surface area (Å²) in [6.45, 7) is 9.99. The number of hydrogen-bond acceptors (Lipinski definition) is 3. The summed E-state index contributed by atoms with van der Waals surface area (Å²) in [5.74, 6) is 1.29. The van der Waals surface area contributed by atoms with E-state index >= 15 is 0 Å². The molecule has 3 nitrogen and oxygen atoms in total. The molecule has 0 aromatic heterocycles. The van der Waals surface area contributed by atoms with E-state index < -0.39 is 0 Å². The molecule has 0 aliphatic heterocycles. The third-order valence-corrected chi connectivity index (χ3v) is 4.89. The third-order valence-electron chi connectivity index (χ3n) is 4.89. The fraction of sp³-hybridized carbons (Fsp3) is 0.941. The van der Waals surface area contributed by atoms with Crippen LogP contribution in [0.3, 0.4) is 0 Å². The molecule has 0 amide bonds. The third kappa shape index (κ3) is 4.75. The minimum absolute atomic E-state index is 0.243. The average molecular weight is 279 g/mol. The molecule has 20 heavy (non-hydrogen) atoms. The van der Waals surface area contributed by atoms with Crippen molar-refractivity contribution in [3.05, 3.63) is 0 Å². The predicted molar refractivity (Wildman–Crippen MR) is 85.5 cm³/mol. The molecule has 3 atom stereocenters. The molecule has 1 N–H and O–H groups in total. The van der Waals surface area contributed by atoms with Crippen molar-refractivity contribution in [1.29, 1.82) is 5.26 Å². The highest BCUT2D eigenvalue weighted by atomic mass is 15.1. The Morgan fingerprint density at radius 3 is 2.80 bits per heavy atom. The van der Waals surface area contributed by atoms with Crippen molar-refractivity contribution in [2.24, 2.45) is 11.8 Å². The zero-order valence-corrected chi connectivity index (χ0v) is 13.9. The minimum Gasteiger partial charge on any atom is -0.306 e. The summed E-state index contributed by atoms with van der Waals surface area (Å²) in [5, 5.41) is 13.2. The topological polar surface area (TPSA) is 39.1 Å². The van der Waals surface area contributed by atoms with Gasteiger partial charge in [-0.1, -0.05) is 33.6 Å². The SMILES string of the molecule is CCCNC1(C#N)CCCC1CCN(C)CC(C)CC. The van der Waals surface area contributed by atoms with E-state index in [1.807, 2.05) is 0 Å². The minimum atomic E-state index is -0.243. The van der Waals surface area contributed by atoms with Gasteiger partial charge in [-0.2, -0.15) is 5.26 Å². The van der Waals surface area contributed by atoms with Crippen LogP contribution in [0.4, 0.5) is 0 Å². The molecular formula is C17H33N3. The molecule has 0 saturated heterocycles. The normalized spacial score (nSPS) is 27.7. The molecule has 116 valence electrons. The molecule has 1 aliphatic carbocycles. The highest BCUT2D eigenvalue weighted by molar-refractivity contribution is 5.14. The van der Waals surface area contributed by atoms with Crippen molar-refractivity contribution in [1.82, 2.24) is 10.2 Å². The Bertz CT molecular complexity index is 310. The van der Waals surface area contributed by atoms with Crippen LogP contribution in [0.25, 0.3) is 0 Å². The summed E-state index contributed by atoms with van der Waals surface area (Å²) in [4.78, 5) is 2.44. The highest BCUT2D eigenvalue weighted by Gasteiger charge is 2.42. The number of nitrogens with one attached hydrogen (secondary N) is 1. The summed E-state index contributed by atoms with van der Waals surface area (Å²) in [6, 6.07) is 2.61. The molecule has 1 saturated carbocycles. The van der Waals surface area contributed by atoms with E-state index in [0.717, 1.165) is 38.3 Å². The Hall–Kier alpha value is -0.590. The Morgan fingerprint density at radius 1 is 1.45 bits per heavy atom. The van der Waals surface area contributed by atoms with Gasteiger partial charge in [0.05, 0.1) is 6.07 Å². The summed E-state index contributed by atoms with van der Waals surface area (Å²) in [6.07, 6.45) is 6.93. The van der Waals surface area contributed by atoms with Crippen LogP contribution in [0.15, 0.2) is 0 Å². The van der Waals surface area contributed by atoms with E-state index in [9.17, 15) is 5.26 Å². The van der Waals surface area contributed by atoms with Crippen molar-refractivity contribution in [3.8, 4) is 6.07 Å². The lowest BCUT2D eigenvalue weighted by Gasteiger charge is -2.31. The van der Waals surface area contributed by atoms with Gasteiger partial charge in [0.2, 0.25) is 0 Å². The molecule has 3 heteroatoms. The quantitative estimate of drug-likeness (QED) is 0.703. The predicted octanol–water partition coefficient (Wildman–Crippen LogP) is 3.42. The Kier molecular flexibility index (Phi) is 7.55. The summed E-state index contributed by atoms with van der Waals surface area (Å²) < 4.78 is 0. The van der Waals surface area contributed by atoms with Gasteiger partial charge in [-0.15, -0.1) is 0 Å². The van der Waals surface area contributed by atoms with Gasteiger partial charge >= 0.3 is 0 Å². The monoisotopic (exact) mass is 279 g/mol. The van der Waals surface area contributed by atoms with Gasteiger partial charge in [-0.25, -0.2) is 0 Å². The smallest absolute Gasteiger partial charge is 0.109 e. The maximum Gasteiger partial charge on any atom is 0.109 e. The molecule has 0 aromatic rings. The van der Waals surface area contributed by atoms with Crippen molar-refractivity contribution >= 4 is 0 Å². The van der Waals surface area contributed by atoms with Gasteiger partial charge in [0.1, 0.15) is 5.54 Å². The van der Waals surface area contributed by atoms with Crippen LogP contribution < -0.4 is 5.32 Å². The largest absolute Gasteiger partial charge is 0.306 e. The lowest BCUT2D eigenvalue weighted by molar-refractivity contribution is 0.230. The van der Waals surface area contributed by atoms with Crippen LogP contribution in [0.1, 0.15) is 59.3 Å². The Morgan fingerprint density at radius 2 is 2.20 bits per heavy atom. The number of nitriles is 1. The Balaban J connectivity index is 2.47. The van der Waals surface area contributed by atoms with Crippen molar-refractivity contribution in [2.75, 3.05) is 26.7 Å². The molecule has 3 unspecified atom stereocenters. The highest BCUT2D eigenvalue weighted by Crippen LogP contribution is 2.37. The van der Waals surface area contributed by atoms with E-state index in [0.29, 0.717) is 5.92 Å². The molecule has 0 spiro atoms. The summed E-state index contributed by atoms with van der Waals surface area (Å²) in [7, 11) is 2.22. The van der Waals surface area contributed by atoms with Gasteiger partial charge in [0.15, 0.2) is 0 Å². The number of hydrogen-bond donors (Lipinski definition) is 1. The van der Waals surface area contributed by atoms with Crippen LogP contribution >= 0.6 is 0 Å². The standard InChI is InChI=1S/C17H33N3/c1-5-11-19-17(14-18)10-7-8-16(17)9-12-20(4)13-15(3)6-2/h15-16,19H,5-13H2,1-4H3. The first kappa shape index (κ1) is 17.5. The second-order valence-electron chi connectivity index (χ2n) is 6.66. The van der Waals surface area contributed by atoms with Gasteiger partial charge < -0.3 is 4.90 Å². The van der Waals surface area contributed by atoms with E-state index in [1.165, 1.54) is 25.8 Å². The number of nitrogens with zero attached hydrogens (tertiary/aromatic N) is 2. The molecule has 0 bridgehead atoms. The second-order valence-corrected chi connectivity index (χ2v) is 6.66. The fourth-order valence-corrected chi connectivity index (χ4v) is 3.36. The zero-order chi connectivity index (χ0) is 15.0. The second kappa shape index (κ2) is 8.64. The van der Waals surface area contributed by atoms with Crippen LogP contribution in [-0.2, 0) is 0 Å². The lowest BCUT2D eigenvalue weighted by atomic mass is 9.85. The molecule has 1 fully saturated rings. The first-order valence-corrected chi connectivity index (χ1v) is 8.42. The molecule has 0 aromatic carbocycles. The van der Waals surface area contributed by atoms with Crippen molar-refractivity contribution in [3.63, 3.8) is 0 Å². The fourth-order valence-electron chi connectivity index (χ4n) is 3.36. The zero-order valence-electron chi connectivity index (χ0n) is 13.9. The average Bonchev–Trinajstić information content (AvgIpc) is 2.86. The maximum absolute atomic E-state index is 9.64. The first-order chi connectivity index (χ1) is 9.57.